The minimum atomic E-state index is -4.49. The van der Waals surface area contributed by atoms with E-state index in [4.69, 9.17) is 11.6 Å². The van der Waals surface area contributed by atoms with Crippen molar-refractivity contribution >= 4 is 29.2 Å². The molecule has 1 aliphatic heterocycles. The van der Waals surface area contributed by atoms with E-state index in [1.807, 2.05) is 4.90 Å². The number of anilines is 1. The Balaban J connectivity index is 1.86. The molecule has 1 aromatic heterocycles. The lowest BCUT2D eigenvalue weighted by Gasteiger charge is -2.35. The highest BCUT2D eigenvalue weighted by Gasteiger charge is 2.32. The lowest BCUT2D eigenvalue weighted by molar-refractivity contribution is -0.137. The third-order valence-electron chi connectivity index (χ3n) is 4.31. The van der Waals surface area contributed by atoms with Crippen LogP contribution in [-0.4, -0.2) is 67.0 Å². The van der Waals surface area contributed by atoms with Crippen LogP contribution in [-0.2, 0) is 15.8 Å². The molecule has 0 spiro atoms. The third kappa shape index (κ3) is 5.96. The van der Waals surface area contributed by atoms with Gasteiger partial charge < -0.3 is 15.5 Å². The van der Waals surface area contributed by atoms with Crippen molar-refractivity contribution in [3.63, 3.8) is 0 Å². The summed E-state index contributed by atoms with van der Waals surface area (Å²) in [6.07, 6.45) is -3.73. The van der Waals surface area contributed by atoms with Gasteiger partial charge in [0, 0.05) is 38.9 Å². The van der Waals surface area contributed by atoms with Crippen LogP contribution < -0.4 is 15.5 Å². The highest BCUT2D eigenvalue weighted by molar-refractivity contribution is 6.33. The maximum Gasteiger partial charge on any atom is 0.417 e. The second-order valence-electron chi connectivity index (χ2n) is 6.47. The number of likely N-dealkylation sites (N-methyl/N-ethyl adjacent to an activating group) is 1. The van der Waals surface area contributed by atoms with Crippen molar-refractivity contribution < 1.29 is 22.8 Å². The van der Waals surface area contributed by atoms with E-state index in [2.05, 4.69) is 15.6 Å². The van der Waals surface area contributed by atoms with Crippen LogP contribution in [0.1, 0.15) is 19.4 Å². The molecular weight excluding hydrogens is 399 g/mol. The lowest BCUT2D eigenvalue weighted by atomic mass is 10.2. The van der Waals surface area contributed by atoms with Gasteiger partial charge in [0.05, 0.1) is 17.1 Å². The molecule has 0 saturated carbocycles. The van der Waals surface area contributed by atoms with Crippen LogP contribution in [0.4, 0.5) is 19.0 Å². The molecule has 2 N–H and O–H groups in total. The molecule has 1 aliphatic rings. The fraction of sp³-hybridized carbons (Fsp3) is 0.588. The van der Waals surface area contributed by atoms with Gasteiger partial charge in [-0.25, -0.2) is 4.98 Å². The summed E-state index contributed by atoms with van der Waals surface area (Å²) in [6.45, 7) is 5.99. The minimum absolute atomic E-state index is 0.0585. The summed E-state index contributed by atoms with van der Waals surface area (Å²) in [7, 11) is 0. The van der Waals surface area contributed by atoms with E-state index in [9.17, 15) is 22.8 Å². The van der Waals surface area contributed by atoms with Crippen LogP contribution >= 0.6 is 11.6 Å². The van der Waals surface area contributed by atoms with Gasteiger partial charge in [-0.3, -0.25) is 14.5 Å². The number of piperazine rings is 1. The van der Waals surface area contributed by atoms with Gasteiger partial charge in [-0.2, -0.15) is 13.2 Å². The molecule has 2 amide bonds. The van der Waals surface area contributed by atoms with Crippen molar-refractivity contribution in [3.05, 3.63) is 22.8 Å². The van der Waals surface area contributed by atoms with E-state index < -0.39 is 17.8 Å². The first-order valence-electron chi connectivity index (χ1n) is 8.89. The van der Waals surface area contributed by atoms with Crippen molar-refractivity contribution in [2.75, 3.05) is 44.2 Å². The molecule has 0 radical (unpaired) electrons. The summed E-state index contributed by atoms with van der Waals surface area (Å²) in [4.78, 5) is 31.3. The van der Waals surface area contributed by atoms with Crippen LogP contribution in [0.3, 0.4) is 0 Å². The fourth-order valence-corrected chi connectivity index (χ4v) is 3.11. The van der Waals surface area contributed by atoms with E-state index in [-0.39, 0.29) is 23.4 Å². The van der Waals surface area contributed by atoms with Gasteiger partial charge in [-0.1, -0.05) is 11.6 Å². The summed E-state index contributed by atoms with van der Waals surface area (Å²) >= 11 is 5.98. The molecule has 1 saturated heterocycles. The predicted molar refractivity (Wildman–Crippen MR) is 99.2 cm³/mol. The zero-order chi connectivity index (χ0) is 20.9. The monoisotopic (exact) mass is 421 g/mol. The number of carbonyl (C=O) groups is 2. The highest BCUT2D eigenvalue weighted by Crippen LogP contribution is 2.33. The van der Waals surface area contributed by atoms with Crippen molar-refractivity contribution in [1.82, 2.24) is 20.5 Å². The molecule has 0 aromatic carbocycles. The van der Waals surface area contributed by atoms with Gasteiger partial charge >= 0.3 is 6.18 Å². The van der Waals surface area contributed by atoms with Crippen LogP contribution in [0, 0.1) is 0 Å². The molecule has 2 heterocycles. The Hall–Kier alpha value is -2.07. The Kier molecular flexibility index (Phi) is 7.48. The van der Waals surface area contributed by atoms with Crippen LogP contribution in [0.15, 0.2) is 12.3 Å². The zero-order valence-corrected chi connectivity index (χ0v) is 16.4. The van der Waals surface area contributed by atoms with E-state index in [1.165, 1.54) is 0 Å². The Labute approximate surface area is 166 Å². The zero-order valence-electron chi connectivity index (χ0n) is 15.6. The normalized spacial score (nSPS) is 16.6. The number of carbonyl (C=O) groups excluding carboxylic acids is 2. The van der Waals surface area contributed by atoms with Crippen molar-refractivity contribution in [2.45, 2.75) is 26.1 Å². The number of pyridine rings is 1. The molecule has 1 aromatic rings. The first-order chi connectivity index (χ1) is 13.1. The number of alkyl halides is 3. The average Bonchev–Trinajstić information content (AvgIpc) is 2.61. The summed E-state index contributed by atoms with van der Waals surface area (Å²) < 4.78 is 38.1. The Morgan fingerprint density at radius 1 is 1.29 bits per heavy atom. The van der Waals surface area contributed by atoms with Gasteiger partial charge in [0.25, 0.3) is 0 Å². The molecule has 1 fully saturated rings. The number of amides is 2. The molecule has 1 atom stereocenters. The van der Waals surface area contributed by atoms with Gasteiger partial charge in [0.1, 0.15) is 11.9 Å². The summed E-state index contributed by atoms with van der Waals surface area (Å²) in [6, 6.07) is 0.246. The second-order valence-corrected chi connectivity index (χ2v) is 6.88. The van der Waals surface area contributed by atoms with Gasteiger partial charge in [-0.15, -0.1) is 0 Å². The van der Waals surface area contributed by atoms with Crippen LogP contribution in [0.5, 0.6) is 0 Å². The van der Waals surface area contributed by atoms with Crippen molar-refractivity contribution in [3.8, 4) is 0 Å². The maximum absolute atomic E-state index is 12.7. The lowest BCUT2D eigenvalue weighted by Crippen LogP contribution is -2.52. The number of nitrogens with one attached hydrogen (secondary N) is 2. The largest absolute Gasteiger partial charge is 0.417 e. The molecule has 2 rings (SSSR count). The molecule has 0 aliphatic carbocycles. The van der Waals surface area contributed by atoms with Crippen molar-refractivity contribution in [2.24, 2.45) is 0 Å². The second kappa shape index (κ2) is 9.42. The summed E-state index contributed by atoms with van der Waals surface area (Å²) in [5, 5.41) is 5.21. The van der Waals surface area contributed by atoms with E-state index in [0.29, 0.717) is 38.5 Å². The fourth-order valence-electron chi connectivity index (χ4n) is 2.82. The Morgan fingerprint density at radius 3 is 2.46 bits per heavy atom. The summed E-state index contributed by atoms with van der Waals surface area (Å²) in [5.74, 6) is -0.217. The number of nitrogens with zero attached hydrogens (tertiary/aromatic N) is 3. The minimum Gasteiger partial charge on any atom is -0.355 e. The molecule has 156 valence electrons. The molecule has 28 heavy (non-hydrogen) atoms. The number of hydrogen-bond acceptors (Lipinski definition) is 5. The predicted octanol–water partition coefficient (Wildman–Crippen LogP) is 1.52. The quantitative estimate of drug-likeness (QED) is 0.728. The Morgan fingerprint density at radius 2 is 1.93 bits per heavy atom. The molecule has 0 bridgehead atoms. The molecular formula is C17H23ClF3N5O2. The maximum atomic E-state index is 12.7. The van der Waals surface area contributed by atoms with E-state index >= 15 is 0 Å². The number of rotatable bonds is 6. The van der Waals surface area contributed by atoms with Crippen LogP contribution in [0.25, 0.3) is 0 Å². The SMILES string of the molecule is CCNC(=O)[C@@H](C)NC(=O)CN1CCN(c2ncc(C(F)(F)F)cc2Cl)CC1. The molecule has 11 heteroatoms. The standard InChI is InChI=1S/C17H23ClF3N5O2/c1-3-22-16(28)11(2)24-14(27)10-25-4-6-26(7-5-25)15-13(18)8-12(9-23-15)17(19,20)21/h8-9,11H,3-7,10H2,1-2H3,(H,22,28)(H,24,27)/t11-/m1/s1. The first-order valence-corrected chi connectivity index (χ1v) is 9.26. The molecule has 7 nitrogen and oxygen atoms in total. The number of aromatic nitrogens is 1. The molecule has 0 unspecified atom stereocenters. The Bertz CT molecular complexity index is 709. The van der Waals surface area contributed by atoms with E-state index in [0.717, 1.165) is 12.3 Å². The smallest absolute Gasteiger partial charge is 0.355 e. The third-order valence-corrected chi connectivity index (χ3v) is 4.59. The topological polar surface area (TPSA) is 77.6 Å². The van der Waals surface area contributed by atoms with Crippen molar-refractivity contribution in [1.29, 1.82) is 0 Å². The number of halogens is 4. The van der Waals surface area contributed by atoms with Gasteiger partial charge in [0.2, 0.25) is 11.8 Å². The highest BCUT2D eigenvalue weighted by atomic mass is 35.5. The van der Waals surface area contributed by atoms with E-state index in [1.54, 1.807) is 18.7 Å². The summed E-state index contributed by atoms with van der Waals surface area (Å²) in [5.41, 5.74) is -0.891. The van der Waals surface area contributed by atoms with Gasteiger partial charge in [-0.05, 0) is 19.9 Å². The number of hydrogen-bond donors (Lipinski definition) is 2. The average molecular weight is 422 g/mol. The van der Waals surface area contributed by atoms with Gasteiger partial charge in [0.15, 0.2) is 0 Å². The van der Waals surface area contributed by atoms with Crippen LogP contribution in [0.2, 0.25) is 5.02 Å². The first kappa shape index (κ1) is 22.2.